The molecule has 0 amide bonds. The topological polar surface area (TPSA) is 49.3 Å². The number of aliphatic carboxylic acids is 1. The van der Waals surface area contributed by atoms with E-state index in [-0.39, 0.29) is 18.7 Å². The third-order valence-electron chi connectivity index (χ3n) is 2.52. The molecule has 80 valence electrons. The number of anilines is 1. The molecule has 1 aromatic rings. The third kappa shape index (κ3) is 1.65. The molecule has 0 saturated carbocycles. The molecule has 1 aliphatic heterocycles. The van der Waals surface area contributed by atoms with Crippen LogP contribution in [0.15, 0.2) is 12.1 Å². The smallest absolute Gasteiger partial charge is 0.308 e. The summed E-state index contributed by atoms with van der Waals surface area (Å²) in [5.41, 5.74) is 0.597. The van der Waals surface area contributed by atoms with Gasteiger partial charge in [0.15, 0.2) is 11.6 Å². The summed E-state index contributed by atoms with van der Waals surface area (Å²) in [4.78, 5) is 10.7. The van der Waals surface area contributed by atoms with Gasteiger partial charge in [-0.25, -0.2) is 8.78 Å². The first-order valence-electron chi connectivity index (χ1n) is 4.53. The predicted octanol–water partition coefficient (Wildman–Crippen LogP) is 1.63. The molecule has 0 spiro atoms. The van der Waals surface area contributed by atoms with Crippen molar-refractivity contribution in [1.82, 2.24) is 0 Å². The molecule has 1 heterocycles. The molecule has 15 heavy (non-hydrogen) atoms. The highest BCUT2D eigenvalue weighted by Crippen LogP contribution is 2.28. The lowest BCUT2D eigenvalue weighted by molar-refractivity contribution is -0.141. The van der Waals surface area contributed by atoms with E-state index in [0.717, 1.165) is 6.07 Å². The van der Waals surface area contributed by atoms with Gasteiger partial charge >= 0.3 is 5.97 Å². The molecule has 2 rings (SSSR count). The Morgan fingerprint density at radius 1 is 1.47 bits per heavy atom. The van der Waals surface area contributed by atoms with Crippen molar-refractivity contribution in [1.29, 1.82) is 0 Å². The number of carboxylic acids is 1. The minimum absolute atomic E-state index is 0.0903. The van der Waals surface area contributed by atoms with Gasteiger partial charge in [-0.2, -0.15) is 0 Å². The highest BCUT2D eigenvalue weighted by atomic mass is 19.2. The van der Waals surface area contributed by atoms with Crippen LogP contribution in [0.3, 0.4) is 0 Å². The van der Waals surface area contributed by atoms with Crippen LogP contribution < -0.4 is 5.32 Å². The number of hydrogen-bond acceptors (Lipinski definition) is 2. The van der Waals surface area contributed by atoms with E-state index in [1.165, 1.54) is 6.07 Å². The van der Waals surface area contributed by atoms with Crippen molar-refractivity contribution >= 4 is 11.7 Å². The molecule has 1 aromatic carbocycles. The van der Waals surface area contributed by atoms with Crippen LogP contribution in [-0.2, 0) is 11.2 Å². The Balaban J connectivity index is 2.36. The number of carboxylic acid groups (broad SMARTS) is 1. The van der Waals surface area contributed by atoms with Gasteiger partial charge in [-0.05, 0) is 18.1 Å². The normalized spacial score (nSPS) is 19.2. The van der Waals surface area contributed by atoms with Gasteiger partial charge in [-0.3, -0.25) is 4.79 Å². The van der Waals surface area contributed by atoms with Crippen LogP contribution >= 0.6 is 0 Å². The predicted molar refractivity (Wildman–Crippen MR) is 49.7 cm³/mol. The average molecular weight is 213 g/mol. The van der Waals surface area contributed by atoms with E-state index < -0.39 is 23.5 Å². The first kappa shape index (κ1) is 9.89. The molecular formula is C10H9F2NO2. The summed E-state index contributed by atoms with van der Waals surface area (Å²) in [5.74, 6) is -3.37. The lowest BCUT2D eigenvalue weighted by Gasteiger charge is -2.23. The minimum atomic E-state index is -0.934. The van der Waals surface area contributed by atoms with Gasteiger partial charge in [-0.1, -0.05) is 6.07 Å². The Labute approximate surface area is 84.7 Å². The zero-order chi connectivity index (χ0) is 11.0. The Hall–Kier alpha value is -1.65. The molecule has 0 aromatic heterocycles. The fourth-order valence-corrected chi connectivity index (χ4v) is 1.69. The van der Waals surface area contributed by atoms with Crippen molar-refractivity contribution in [3.63, 3.8) is 0 Å². The molecule has 0 radical (unpaired) electrons. The van der Waals surface area contributed by atoms with Gasteiger partial charge in [-0.15, -0.1) is 0 Å². The third-order valence-corrected chi connectivity index (χ3v) is 2.52. The number of halogens is 2. The summed E-state index contributed by atoms with van der Waals surface area (Å²) in [6, 6.07) is 2.43. The molecule has 5 heteroatoms. The molecule has 1 unspecified atom stereocenters. The highest BCUT2D eigenvalue weighted by Gasteiger charge is 2.26. The van der Waals surface area contributed by atoms with Gasteiger partial charge in [0, 0.05) is 6.54 Å². The van der Waals surface area contributed by atoms with E-state index in [4.69, 9.17) is 5.11 Å². The second-order valence-corrected chi connectivity index (χ2v) is 3.52. The molecule has 1 atom stereocenters. The maximum atomic E-state index is 13.2. The summed E-state index contributed by atoms with van der Waals surface area (Å²) < 4.78 is 26.1. The number of nitrogens with one attached hydrogen (secondary N) is 1. The second kappa shape index (κ2) is 3.49. The SMILES string of the molecule is O=C(O)C1CNc2c(ccc(F)c2F)C1. The minimum Gasteiger partial charge on any atom is -0.481 e. The Kier molecular flexibility index (Phi) is 2.30. The Bertz CT molecular complexity index is 420. The molecule has 0 aliphatic carbocycles. The van der Waals surface area contributed by atoms with Crippen LogP contribution in [0.25, 0.3) is 0 Å². The van der Waals surface area contributed by atoms with Crippen molar-refractivity contribution in [2.24, 2.45) is 5.92 Å². The van der Waals surface area contributed by atoms with E-state index >= 15 is 0 Å². The standard InChI is InChI=1S/C10H9F2NO2/c11-7-2-1-5-3-6(10(14)15)4-13-9(5)8(7)12/h1-2,6,13H,3-4H2,(H,14,15). The average Bonchev–Trinajstić information content (AvgIpc) is 2.23. The molecule has 1 aliphatic rings. The number of hydrogen-bond donors (Lipinski definition) is 2. The van der Waals surface area contributed by atoms with Crippen molar-refractivity contribution in [3.05, 3.63) is 29.3 Å². The summed E-state index contributed by atoms with van der Waals surface area (Å²) in [6.45, 7) is 0.128. The molecule has 3 nitrogen and oxygen atoms in total. The van der Waals surface area contributed by atoms with Crippen molar-refractivity contribution in [2.45, 2.75) is 6.42 Å². The van der Waals surface area contributed by atoms with Crippen LogP contribution in [-0.4, -0.2) is 17.6 Å². The lowest BCUT2D eigenvalue weighted by Crippen LogP contribution is -2.30. The second-order valence-electron chi connectivity index (χ2n) is 3.52. The van der Waals surface area contributed by atoms with E-state index in [1.54, 1.807) is 0 Å². The van der Waals surface area contributed by atoms with Crippen molar-refractivity contribution < 1.29 is 18.7 Å². The van der Waals surface area contributed by atoms with Crippen LogP contribution in [0.5, 0.6) is 0 Å². The van der Waals surface area contributed by atoms with Gasteiger partial charge in [0.25, 0.3) is 0 Å². The van der Waals surface area contributed by atoms with Gasteiger partial charge in [0.05, 0.1) is 11.6 Å². The van der Waals surface area contributed by atoms with Crippen LogP contribution in [0.1, 0.15) is 5.56 Å². The zero-order valence-corrected chi connectivity index (χ0v) is 7.76. The number of benzene rings is 1. The van der Waals surface area contributed by atoms with Gasteiger partial charge in [0.2, 0.25) is 0 Å². The zero-order valence-electron chi connectivity index (χ0n) is 7.76. The maximum Gasteiger partial charge on any atom is 0.308 e. The summed E-state index contributed by atoms with van der Waals surface area (Å²) in [5, 5.41) is 11.4. The van der Waals surface area contributed by atoms with Crippen LogP contribution in [0.4, 0.5) is 14.5 Å². The number of fused-ring (bicyclic) bond motifs is 1. The summed E-state index contributed by atoms with van der Waals surface area (Å²) in [7, 11) is 0. The molecular weight excluding hydrogens is 204 g/mol. The fourth-order valence-electron chi connectivity index (χ4n) is 1.69. The monoisotopic (exact) mass is 213 g/mol. The van der Waals surface area contributed by atoms with Crippen LogP contribution in [0, 0.1) is 17.6 Å². The molecule has 0 fully saturated rings. The lowest BCUT2D eigenvalue weighted by atomic mass is 9.94. The Morgan fingerprint density at radius 2 is 2.20 bits per heavy atom. The highest BCUT2D eigenvalue weighted by molar-refractivity contribution is 5.73. The quantitative estimate of drug-likeness (QED) is 0.745. The number of carbonyl (C=O) groups is 1. The van der Waals surface area contributed by atoms with Gasteiger partial charge < -0.3 is 10.4 Å². The molecule has 0 saturated heterocycles. The van der Waals surface area contributed by atoms with Crippen LogP contribution in [0.2, 0.25) is 0 Å². The van der Waals surface area contributed by atoms with E-state index in [1.807, 2.05) is 0 Å². The molecule has 0 bridgehead atoms. The Morgan fingerprint density at radius 3 is 2.87 bits per heavy atom. The summed E-state index contributed by atoms with van der Waals surface area (Å²) in [6.07, 6.45) is 0.231. The number of rotatable bonds is 1. The van der Waals surface area contributed by atoms with Crippen molar-refractivity contribution in [2.75, 3.05) is 11.9 Å². The fraction of sp³-hybridized carbons (Fsp3) is 0.300. The largest absolute Gasteiger partial charge is 0.481 e. The van der Waals surface area contributed by atoms with E-state index in [2.05, 4.69) is 5.32 Å². The maximum absolute atomic E-state index is 13.2. The first-order valence-corrected chi connectivity index (χ1v) is 4.53. The molecule has 2 N–H and O–H groups in total. The first-order chi connectivity index (χ1) is 7.09. The summed E-state index contributed by atoms with van der Waals surface area (Å²) >= 11 is 0. The van der Waals surface area contributed by atoms with E-state index in [9.17, 15) is 13.6 Å². The van der Waals surface area contributed by atoms with Gasteiger partial charge in [0.1, 0.15) is 0 Å². The van der Waals surface area contributed by atoms with E-state index in [0.29, 0.717) is 5.56 Å². The van der Waals surface area contributed by atoms with Crippen molar-refractivity contribution in [3.8, 4) is 0 Å².